The molecule has 2 rings (SSSR count). The Morgan fingerprint density at radius 1 is 1.22 bits per heavy atom. The highest BCUT2D eigenvalue weighted by Gasteiger charge is 2.14. The molecule has 2 N–H and O–H groups in total. The summed E-state index contributed by atoms with van der Waals surface area (Å²) < 4.78 is 5.23. The van der Waals surface area contributed by atoms with Crippen LogP contribution in [-0.2, 0) is 16.0 Å². The number of aliphatic carboxylic acids is 1. The molecule has 0 saturated heterocycles. The van der Waals surface area contributed by atoms with Gasteiger partial charge in [-0.15, -0.1) is 0 Å². The number of benzene rings is 1. The van der Waals surface area contributed by atoms with Gasteiger partial charge in [-0.1, -0.05) is 18.0 Å². The van der Waals surface area contributed by atoms with Crippen LogP contribution in [0.15, 0.2) is 21.3 Å². The molecule has 0 unspecified atom stereocenters. The molecule has 7 nitrogen and oxygen atoms in total. The average Bonchev–Trinajstić information content (AvgIpc) is 2.59. The summed E-state index contributed by atoms with van der Waals surface area (Å²) in [5.41, 5.74) is 0.757. The van der Waals surface area contributed by atoms with Crippen LogP contribution >= 0.6 is 11.6 Å². The summed E-state index contributed by atoms with van der Waals surface area (Å²) in [6.45, 7) is 2.20. The van der Waals surface area contributed by atoms with Crippen molar-refractivity contribution in [2.24, 2.45) is 0 Å². The number of phenolic OH excluding ortho intramolecular Hbond substituents is 1. The maximum atomic E-state index is 12.2. The quantitative estimate of drug-likeness (QED) is 0.494. The van der Waals surface area contributed by atoms with Crippen LogP contribution in [0.5, 0.6) is 5.75 Å². The fraction of sp³-hybridized carbons (Fsp3) is 0.421. The molecule has 1 aromatic carbocycles. The van der Waals surface area contributed by atoms with Crippen LogP contribution in [-0.4, -0.2) is 23.5 Å². The van der Waals surface area contributed by atoms with Crippen molar-refractivity contribution in [2.45, 2.75) is 45.4 Å². The summed E-state index contributed by atoms with van der Waals surface area (Å²) in [5.74, 6) is -1.43. The Balaban J connectivity index is 1.92. The Labute approximate surface area is 160 Å². The molecule has 27 heavy (non-hydrogen) atoms. The first-order chi connectivity index (χ1) is 12.8. The number of carbonyl (C=O) groups is 2. The van der Waals surface area contributed by atoms with E-state index in [1.165, 1.54) is 12.1 Å². The Hall–Kier alpha value is -2.54. The second-order valence-electron chi connectivity index (χ2n) is 6.33. The Kier molecular flexibility index (Phi) is 7.24. The molecule has 1 heterocycles. The smallest absolute Gasteiger partial charge is 0.339 e. The lowest BCUT2D eigenvalue weighted by molar-refractivity contribution is -0.305. The molecule has 1 amide bonds. The van der Waals surface area contributed by atoms with E-state index in [9.17, 15) is 24.6 Å². The third kappa shape index (κ3) is 5.72. The van der Waals surface area contributed by atoms with Gasteiger partial charge in [0.05, 0.1) is 5.02 Å². The van der Waals surface area contributed by atoms with Gasteiger partial charge < -0.3 is 24.7 Å². The van der Waals surface area contributed by atoms with Crippen molar-refractivity contribution < 1.29 is 24.2 Å². The van der Waals surface area contributed by atoms with Crippen molar-refractivity contribution in [3.8, 4) is 5.75 Å². The molecule has 0 aliphatic carbocycles. The lowest BCUT2D eigenvalue weighted by Crippen LogP contribution is -2.26. The van der Waals surface area contributed by atoms with Crippen LogP contribution in [0.3, 0.4) is 0 Å². The van der Waals surface area contributed by atoms with Crippen LogP contribution in [0, 0.1) is 6.92 Å². The number of carboxylic acids is 1. The lowest BCUT2D eigenvalue weighted by atomic mass is 10.0. The second kappa shape index (κ2) is 9.41. The van der Waals surface area contributed by atoms with Gasteiger partial charge >= 0.3 is 5.63 Å². The van der Waals surface area contributed by atoms with Crippen molar-refractivity contribution in [1.29, 1.82) is 0 Å². The predicted octanol–water partition coefficient (Wildman–Crippen LogP) is 1.82. The number of amides is 1. The third-order valence-electron chi connectivity index (χ3n) is 4.34. The highest BCUT2D eigenvalue weighted by molar-refractivity contribution is 6.32. The fourth-order valence-corrected chi connectivity index (χ4v) is 2.98. The van der Waals surface area contributed by atoms with Gasteiger partial charge in [-0.05, 0) is 44.2 Å². The van der Waals surface area contributed by atoms with E-state index in [4.69, 9.17) is 16.0 Å². The van der Waals surface area contributed by atoms with Gasteiger partial charge in [0, 0.05) is 36.0 Å². The molecule has 0 radical (unpaired) electrons. The second-order valence-corrected chi connectivity index (χ2v) is 6.73. The van der Waals surface area contributed by atoms with Crippen molar-refractivity contribution in [3.05, 3.63) is 38.7 Å². The Morgan fingerprint density at radius 2 is 1.96 bits per heavy atom. The summed E-state index contributed by atoms with van der Waals surface area (Å²) in [6.07, 6.45) is 2.26. The van der Waals surface area contributed by atoms with Crippen LogP contribution in [0.4, 0.5) is 0 Å². The van der Waals surface area contributed by atoms with Gasteiger partial charge in [0.1, 0.15) is 11.3 Å². The van der Waals surface area contributed by atoms with E-state index in [1.807, 2.05) is 0 Å². The minimum Gasteiger partial charge on any atom is -0.550 e. The van der Waals surface area contributed by atoms with E-state index < -0.39 is 11.6 Å². The molecule has 0 aliphatic heterocycles. The van der Waals surface area contributed by atoms with Gasteiger partial charge in [0.25, 0.3) is 0 Å². The van der Waals surface area contributed by atoms with Gasteiger partial charge in [0.15, 0.2) is 0 Å². The predicted molar refractivity (Wildman–Crippen MR) is 98.7 cm³/mol. The first-order valence-electron chi connectivity index (χ1n) is 8.71. The topological polar surface area (TPSA) is 120 Å². The first-order valence-corrected chi connectivity index (χ1v) is 9.08. The number of halogens is 1. The number of aryl methyl sites for hydroxylation is 1. The summed E-state index contributed by atoms with van der Waals surface area (Å²) in [6, 6.07) is 2.82. The van der Waals surface area contributed by atoms with Crippen molar-refractivity contribution >= 4 is 34.4 Å². The van der Waals surface area contributed by atoms with E-state index in [0.29, 0.717) is 42.3 Å². The average molecular weight is 395 g/mol. The standard InChI is InChI=1S/C19H22ClNO6/c1-11-12(6-7-17(23)21-8-4-2-3-5-18(24)25)19(26)27-16-10-15(22)14(20)9-13(11)16/h9-10,22H,2-8H2,1H3,(H,21,23)(H,24,25)/p-1. The highest BCUT2D eigenvalue weighted by Crippen LogP contribution is 2.30. The van der Waals surface area contributed by atoms with Gasteiger partial charge in [-0.25, -0.2) is 4.79 Å². The van der Waals surface area contributed by atoms with E-state index in [-0.39, 0.29) is 41.5 Å². The first kappa shape index (κ1) is 20.8. The molecule has 0 aliphatic rings. The molecule has 8 heteroatoms. The molecule has 2 aromatic rings. The van der Waals surface area contributed by atoms with E-state index >= 15 is 0 Å². The monoisotopic (exact) mass is 394 g/mol. The summed E-state index contributed by atoms with van der Waals surface area (Å²) in [4.78, 5) is 34.4. The van der Waals surface area contributed by atoms with Crippen LogP contribution in [0.2, 0.25) is 5.02 Å². The molecule has 0 bridgehead atoms. The molecule has 0 spiro atoms. The zero-order valence-electron chi connectivity index (χ0n) is 15.0. The summed E-state index contributed by atoms with van der Waals surface area (Å²) in [7, 11) is 0. The normalized spacial score (nSPS) is 10.9. The molecule has 0 fully saturated rings. The third-order valence-corrected chi connectivity index (χ3v) is 4.64. The molecular formula is C19H21ClNO6-. The molecule has 0 saturated carbocycles. The van der Waals surface area contributed by atoms with Crippen LogP contribution in [0.1, 0.15) is 43.2 Å². The Morgan fingerprint density at radius 3 is 2.67 bits per heavy atom. The summed E-state index contributed by atoms with van der Waals surface area (Å²) >= 11 is 5.92. The van der Waals surface area contributed by atoms with E-state index in [1.54, 1.807) is 6.92 Å². The maximum absolute atomic E-state index is 12.2. The highest BCUT2D eigenvalue weighted by atomic mass is 35.5. The van der Waals surface area contributed by atoms with Crippen molar-refractivity contribution in [1.82, 2.24) is 5.32 Å². The number of hydrogen-bond acceptors (Lipinski definition) is 6. The van der Waals surface area contributed by atoms with Gasteiger partial charge in [0.2, 0.25) is 5.91 Å². The van der Waals surface area contributed by atoms with Gasteiger partial charge in [-0.2, -0.15) is 0 Å². The molecular weight excluding hydrogens is 374 g/mol. The maximum Gasteiger partial charge on any atom is 0.339 e. The van der Waals surface area contributed by atoms with Gasteiger partial charge in [-0.3, -0.25) is 4.79 Å². The number of nitrogens with one attached hydrogen (secondary N) is 1. The van der Waals surface area contributed by atoms with Crippen molar-refractivity contribution in [2.75, 3.05) is 6.54 Å². The molecule has 146 valence electrons. The molecule has 0 atom stereocenters. The van der Waals surface area contributed by atoms with Crippen LogP contribution in [0.25, 0.3) is 11.0 Å². The number of rotatable bonds is 9. The minimum absolute atomic E-state index is 0.0206. The lowest BCUT2D eigenvalue weighted by Gasteiger charge is -2.09. The van der Waals surface area contributed by atoms with E-state index in [0.717, 1.165) is 0 Å². The zero-order valence-corrected chi connectivity index (χ0v) is 15.7. The molecule has 1 aromatic heterocycles. The fourth-order valence-electron chi connectivity index (χ4n) is 2.81. The Bertz CT molecular complexity index is 905. The van der Waals surface area contributed by atoms with Crippen LogP contribution < -0.4 is 16.0 Å². The zero-order chi connectivity index (χ0) is 20.0. The number of fused-ring (bicyclic) bond motifs is 1. The minimum atomic E-state index is -1.07. The number of carboxylic acid groups (broad SMARTS) is 1. The summed E-state index contributed by atoms with van der Waals surface area (Å²) in [5, 5.41) is 23.4. The number of unbranched alkanes of at least 4 members (excludes halogenated alkanes) is 2. The number of phenols is 1. The number of carbonyl (C=O) groups excluding carboxylic acids is 2. The largest absolute Gasteiger partial charge is 0.550 e. The van der Waals surface area contributed by atoms with E-state index in [2.05, 4.69) is 5.32 Å². The SMILES string of the molecule is Cc1c(CCC(=O)NCCCCCC(=O)[O-])c(=O)oc2cc(O)c(Cl)cc12. The number of hydrogen-bond donors (Lipinski definition) is 2. The number of aromatic hydroxyl groups is 1. The van der Waals surface area contributed by atoms with Crippen molar-refractivity contribution in [3.63, 3.8) is 0 Å².